The van der Waals surface area contributed by atoms with Crippen LogP contribution in [0.5, 0.6) is 0 Å². The smallest absolute Gasteiger partial charge is 0.187 e. The first kappa shape index (κ1) is 22.5. The molecule has 7 heteroatoms. The Morgan fingerprint density at radius 3 is 1.47 bits per heavy atom. The molecule has 0 aromatic heterocycles. The van der Waals surface area contributed by atoms with E-state index in [4.69, 9.17) is 17.1 Å². The summed E-state index contributed by atoms with van der Waals surface area (Å²) in [7, 11) is -4.92. The van der Waals surface area contributed by atoms with E-state index in [1.165, 1.54) is 0 Å². The molecule has 0 heterocycles. The van der Waals surface area contributed by atoms with Crippen LogP contribution >= 0.6 is 0 Å². The van der Waals surface area contributed by atoms with Gasteiger partial charge in [-0.2, -0.15) is 10.5 Å². The van der Waals surface area contributed by atoms with Gasteiger partial charge in [-0.1, -0.05) is 48.5 Å². The number of hydrogen-bond donors (Lipinski definition) is 0. The van der Waals surface area contributed by atoms with Crippen molar-refractivity contribution in [2.45, 2.75) is 4.90 Å². The Hall–Kier alpha value is -4.74. The SMILES string of the molecule is [C-]#[N+]c1ccc(-c2cc(-c3ccc(C#N)cc3)cc(-c3ccc(C#N)cc3)c2S(=O)(=O)[O-])cc1. The van der Waals surface area contributed by atoms with Gasteiger partial charge in [-0.15, -0.1) is 0 Å². The summed E-state index contributed by atoms with van der Waals surface area (Å²) in [5.41, 5.74) is 3.95. The lowest BCUT2D eigenvalue weighted by atomic mass is 9.92. The van der Waals surface area contributed by atoms with Crippen molar-refractivity contribution in [1.29, 1.82) is 10.5 Å². The summed E-state index contributed by atoms with van der Waals surface area (Å²) in [6.45, 7) is 7.15. The standard InChI is InChI=1S/C27H15N3O3S/c1-30-24-12-10-22(11-13-24)26-15-23(20-6-2-18(16-28)3-7-20)14-25(27(26)34(31,32)33)21-8-4-19(17-29)5-9-21/h2-15H,(H,31,32,33)/p-1. The number of hydrogen-bond acceptors (Lipinski definition) is 5. The van der Waals surface area contributed by atoms with E-state index in [1.54, 1.807) is 84.9 Å². The molecule has 0 aliphatic carbocycles. The van der Waals surface area contributed by atoms with Crippen molar-refractivity contribution in [2.75, 3.05) is 0 Å². The maximum Gasteiger partial charge on any atom is 0.187 e. The van der Waals surface area contributed by atoms with Crippen LogP contribution in [0.15, 0.2) is 89.8 Å². The highest BCUT2D eigenvalue weighted by atomic mass is 32.2. The molecule has 4 rings (SSSR count). The van der Waals surface area contributed by atoms with E-state index in [1.807, 2.05) is 6.07 Å². The predicted octanol–water partition coefficient (Wildman–Crippen LogP) is 5.89. The van der Waals surface area contributed by atoms with Gasteiger partial charge in [0.05, 0.1) is 34.7 Å². The minimum absolute atomic E-state index is 0.200. The molecule has 162 valence electrons. The molecule has 0 spiro atoms. The molecule has 0 N–H and O–H groups in total. The fraction of sp³-hybridized carbons (Fsp3) is 0. The van der Waals surface area contributed by atoms with Gasteiger partial charge >= 0.3 is 0 Å². The summed E-state index contributed by atoms with van der Waals surface area (Å²) in [6.07, 6.45) is 0. The molecule has 34 heavy (non-hydrogen) atoms. The van der Waals surface area contributed by atoms with Crippen LogP contribution in [0.4, 0.5) is 5.69 Å². The van der Waals surface area contributed by atoms with Crippen molar-refractivity contribution in [3.63, 3.8) is 0 Å². The zero-order valence-electron chi connectivity index (χ0n) is 17.6. The highest BCUT2D eigenvalue weighted by Crippen LogP contribution is 2.40. The van der Waals surface area contributed by atoms with Crippen LogP contribution in [0.3, 0.4) is 0 Å². The summed E-state index contributed by atoms with van der Waals surface area (Å²) in [5.74, 6) is 0. The molecule has 0 fully saturated rings. The largest absolute Gasteiger partial charge is 0.744 e. The molecule has 4 aromatic carbocycles. The monoisotopic (exact) mass is 460 g/mol. The van der Waals surface area contributed by atoms with Crippen LogP contribution < -0.4 is 0 Å². The lowest BCUT2D eigenvalue weighted by Gasteiger charge is -2.20. The van der Waals surface area contributed by atoms with Gasteiger partial charge < -0.3 is 4.55 Å². The molecule has 0 saturated heterocycles. The second-order valence-electron chi connectivity index (χ2n) is 7.39. The zero-order valence-corrected chi connectivity index (χ0v) is 18.4. The number of nitriles is 2. The van der Waals surface area contributed by atoms with Crippen LogP contribution in [0.1, 0.15) is 11.1 Å². The average molecular weight is 460 g/mol. The lowest BCUT2D eigenvalue weighted by Crippen LogP contribution is -2.05. The molecule has 0 unspecified atom stereocenters. The zero-order chi connectivity index (χ0) is 24.3. The van der Waals surface area contributed by atoms with Crippen LogP contribution in [-0.2, 0) is 10.1 Å². The number of nitrogens with zero attached hydrogens (tertiary/aromatic N) is 3. The van der Waals surface area contributed by atoms with Gasteiger partial charge in [0.15, 0.2) is 5.69 Å². The van der Waals surface area contributed by atoms with Crippen LogP contribution in [0, 0.1) is 29.2 Å². The van der Waals surface area contributed by atoms with Gasteiger partial charge in [0.2, 0.25) is 0 Å². The van der Waals surface area contributed by atoms with Gasteiger partial charge in [0.25, 0.3) is 0 Å². The fourth-order valence-electron chi connectivity index (χ4n) is 3.67. The van der Waals surface area contributed by atoms with Crippen molar-refractivity contribution >= 4 is 15.8 Å². The Bertz CT molecular complexity index is 1540. The minimum atomic E-state index is -4.92. The molecule has 0 atom stereocenters. The quantitative estimate of drug-likeness (QED) is 0.279. The molecular formula is C27H14N3O3S-. The van der Waals surface area contributed by atoms with Crippen LogP contribution in [-0.4, -0.2) is 13.0 Å². The molecule has 0 saturated carbocycles. The molecule has 0 radical (unpaired) electrons. The van der Waals surface area contributed by atoms with E-state index in [0.717, 1.165) is 5.56 Å². The summed E-state index contributed by atoms with van der Waals surface area (Å²) in [4.78, 5) is 2.97. The molecule has 0 bridgehead atoms. The topological polar surface area (TPSA) is 109 Å². The van der Waals surface area contributed by atoms with E-state index in [9.17, 15) is 13.0 Å². The first-order chi connectivity index (χ1) is 16.3. The summed E-state index contributed by atoms with van der Waals surface area (Å²) in [6, 6.07) is 26.7. The third kappa shape index (κ3) is 4.41. The molecule has 0 aliphatic rings. The first-order valence-electron chi connectivity index (χ1n) is 9.97. The second-order valence-corrected chi connectivity index (χ2v) is 8.71. The lowest BCUT2D eigenvalue weighted by molar-refractivity contribution is 0.463. The van der Waals surface area contributed by atoms with Gasteiger partial charge in [-0.3, -0.25) is 0 Å². The Morgan fingerprint density at radius 1 is 0.676 bits per heavy atom. The van der Waals surface area contributed by atoms with Crippen molar-refractivity contribution in [3.8, 4) is 45.5 Å². The molecule has 6 nitrogen and oxygen atoms in total. The Balaban J connectivity index is 2.07. The number of rotatable bonds is 4. The third-order valence-corrected chi connectivity index (χ3v) is 6.26. The van der Waals surface area contributed by atoms with Crippen molar-refractivity contribution in [3.05, 3.63) is 107 Å². The Kier molecular flexibility index (Phi) is 5.95. The van der Waals surface area contributed by atoms with Crippen LogP contribution in [0.2, 0.25) is 0 Å². The van der Waals surface area contributed by atoms with Crippen molar-refractivity contribution in [2.24, 2.45) is 0 Å². The molecule has 0 amide bonds. The van der Waals surface area contributed by atoms with Crippen LogP contribution in [0.25, 0.3) is 38.2 Å². The van der Waals surface area contributed by atoms with E-state index in [-0.39, 0.29) is 16.0 Å². The highest BCUT2D eigenvalue weighted by Gasteiger charge is 2.20. The normalized spacial score (nSPS) is 10.6. The maximum absolute atomic E-state index is 12.5. The van der Waals surface area contributed by atoms with Crippen molar-refractivity contribution < 1.29 is 13.0 Å². The van der Waals surface area contributed by atoms with Gasteiger partial charge in [-0.05, 0) is 58.7 Å². The van der Waals surface area contributed by atoms with Gasteiger partial charge in [0, 0.05) is 11.1 Å². The summed E-state index contributed by atoms with van der Waals surface area (Å²) in [5, 5.41) is 18.2. The van der Waals surface area contributed by atoms with E-state index < -0.39 is 10.1 Å². The summed E-state index contributed by atoms with van der Waals surface area (Å²) < 4.78 is 37.5. The minimum Gasteiger partial charge on any atom is -0.744 e. The molecule has 0 aliphatic heterocycles. The van der Waals surface area contributed by atoms with E-state index in [2.05, 4.69) is 10.9 Å². The van der Waals surface area contributed by atoms with E-state index in [0.29, 0.717) is 33.5 Å². The second kappa shape index (κ2) is 9.02. The first-order valence-corrected chi connectivity index (χ1v) is 11.4. The molecule has 4 aromatic rings. The maximum atomic E-state index is 12.5. The van der Waals surface area contributed by atoms with E-state index >= 15 is 0 Å². The molecular weight excluding hydrogens is 446 g/mol. The predicted molar refractivity (Wildman–Crippen MR) is 126 cm³/mol. The Morgan fingerprint density at radius 2 is 1.09 bits per heavy atom. The Labute approximate surface area is 197 Å². The van der Waals surface area contributed by atoms with Gasteiger partial charge in [-0.25, -0.2) is 13.3 Å². The third-order valence-electron chi connectivity index (χ3n) is 5.32. The van der Waals surface area contributed by atoms with Crippen molar-refractivity contribution in [1.82, 2.24) is 0 Å². The average Bonchev–Trinajstić information content (AvgIpc) is 2.87. The highest BCUT2D eigenvalue weighted by molar-refractivity contribution is 7.86. The van der Waals surface area contributed by atoms with Gasteiger partial charge in [0.1, 0.15) is 10.1 Å². The fourth-order valence-corrected chi connectivity index (χ4v) is 4.56. The number of benzene rings is 4. The summed E-state index contributed by atoms with van der Waals surface area (Å²) >= 11 is 0.